The molecular weight excluding hydrogens is 415 g/mol. The zero-order chi connectivity index (χ0) is 17.7. The Kier molecular flexibility index (Phi) is 15.3. The molecular formula is C12H27O5PS5. The number of rotatable bonds is 15. The van der Waals surface area contributed by atoms with Gasteiger partial charge in [0.25, 0.3) is 0 Å². The van der Waals surface area contributed by atoms with Crippen LogP contribution in [0.2, 0.25) is 0 Å². The summed E-state index contributed by atoms with van der Waals surface area (Å²) in [5.74, 6) is 1.07. The Balaban J connectivity index is 4.43. The van der Waals surface area contributed by atoms with Crippen LogP contribution in [0.4, 0.5) is 0 Å². The molecule has 0 aromatic heterocycles. The van der Waals surface area contributed by atoms with Crippen molar-refractivity contribution in [2.24, 2.45) is 0 Å². The summed E-state index contributed by atoms with van der Waals surface area (Å²) in [5.41, 5.74) is 0. The molecule has 0 spiro atoms. The van der Waals surface area contributed by atoms with Crippen LogP contribution < -0.4 is 0 Å². The van der Waals surface area contributed by atoms with Gasteiger partial charge in [-0.3, -0.25) is 17.2 Å². The predicted octanol–water partition coefficient (Wildman–Crippen LogP) is 2.88. The SMILES string of the molecule is CCS(=O)CCOP(=O)(SCCS(=O)CC)SCCS(=O)CC. The summed E-state index contributed by atoms with van der Waals surface area (Å²) in [6.07, 6.45) is 0. The second-order valence-electron chi connectivity index (χ2n) is 4.24. The van der Waals surface area contributed by atoms with Gasteiger partial charge < -0.3 is 4.52 Å². The van der Waals surface area contributed by atoms with Gasteiger partial charge in [0.15, 0.2) is 0 Å². The van der Waals surface area contributed by atoms with E-state index in [2.05, 4.69) is 0 Å². The number of hydrogen-bond acceptors (Lipinski definition) is 7. The average molecular weight is 443 g/mol. The van der Waals surface area contributed by atoms with Crippen molar-refractivity contribution in [2.75, 3.05) is 52.6 Å². The minimum atomic E-state index is -2.99. The number of hydrogen-bond donors (Lipinski definition) is 0. The van der Waals surface area contributed by atoms with Crippen molar-refractivity contribution in [2.45, 2.75) is 20.8 Å². The minimum Gasteiger partial charge on any atom is -0.313 e. The molecule has 0 aliphatic heterocycles. The monoisotopic (exact) mass is 442 g/mol. The maximum absolute atomic E-state index is 12.8. The van der Waals surface area contributed by atoms with Gasteiger partial charge in [0.05, 0.1) is 6.61 Å². The largest absolute Gasteiger partial charge is 0.313 e. The van der Waals surface area contributed by atoms with E-state index in [1.807, 2.05) is 20.8 Å². The van der Waals surface area contributed by atoms with E-state index in [1.165, 1.54) is 22.8 Å². The first kappa shape index (κ1) is 24.3. The first-order valence-corrected chi connectivity index (χ1v) is 16.7. The molecule has 0 aromatic carbocycles. The molecule has 0 saturated heterocycles. The molecule has 0 radical (unpaired) electrons. The first-order valence-electron chi connectivity index (χ1n) is 7.45. The van der Waals surface area contributed by atoms with E-state index >= 15 is 0 Å². The Hall–Kier alpha value is 1.34. The molecule has 0 fully saturated rings. The Bertz CT molecular complexity index is 384. The molecule has 140 valence electrons. The van der Waals surface area contributed by atoms with E-state index in [-0.39, 0.29) is 6.61 Å². The average Bonchev–Trinajstić information content (AvgIpc) is 2.54. The van der Waals surface area contributed by atoms with Crippen LogP contribution in [0.3, 0.4) is 0 Å². The topological polar surface area (TPSA) is 77.5 Å². The molecule has 3 unspecified atom stereocenters. The Morgan fingerprint density at radius 2 is 1.17 bits per heavy atom. The standard InChI is InChI=1S/C12H27O5PS5/c1-4-21(14)10-7-17-18(13,19-8-11-22(15)5-2)20-9-12-23(16)6-3/h4-12H2,1-3H3. The smallest absolute Gasteiger partial charge is 0.313 e. The highest BCUT2D eigenvalue weighted by atomic mass is 33.1. The lowest BCUT2D eigenvalue weighted by Gasteiger charge is -2.17. The van der Waals surface area contributed by atoms with Crippen LogP contribution >= 0.6 is 28.5 Å². The van der Waals surface area contributed by atoms with Gasteiger partial charge in [-0.25, -0.2) is 0 Å². The fourth-order valence-electron chi connectivity index (χ4n) is 1.27. The second-order valence-corrected chi connectivity index (χ2v) is 17.5. The molecule has 3 atom stereocenters. The van der Waals surface area contributed by atoms with Crippen molar-refractivity contribution in [1.29, 1.82) is 0 Å². The first-order chi connectivity index (χ1) is 10.9. The van der Waals surface area contributed by atoms with Gasteiger partial charge in [-0.15, -0.1) is 0 Å². The normalized spacial score (nSPS) is 18.2. The molecule has 0 amide bonds. The van der Waals surface area contributed by atoms with E-state index in [9.17, 15) is 17.2 Å². The molecule has 0 rings (SSSR count). The second kappa shape index (κ2) is 14.5. The molecule has 0 aliphatic carbocycles. The van der Waals surface area contributed by atoms with Crippen molar-refractivity contribution < 1.29 is 21.7 Å². The molecule has 23 heavy (non-hydrogen) atoms. The summed E-state index contributed by atoms with van der Waals surface area (Å²) in [5, 5.41) is 0. The van der Waals surface area contributed by atoms with Crippen LogP contribution in [0.1, 0.15) is 20.8 Å². The third-order valence-electron chi connectivity index (χ3n) is 2.65. The fourth-order valence-corrected chi connectivity index (χ4v) is 11.4. The Morgan fingerprint density at radius 1 is 0.783 bits per heavy atom. The van der Waals surface area contributed by atoms with Gasteiger partial charge in [-0.05, 0) is 0 Å². The molecule has 0 saturated carbocycles. The van der Waals surface area contributed by atoms with E-state index in [0.717, 1.165) is 0 Å². The Labute approximate surface area is 155 Å². The highest BCUT2D eigenvalue weighted by Gasteiger charge is 2.25. The summed E-state index contributed by atoms with van der Waals surface area (Å²) in [6.45, 7) is 5.72. The predicted molar refractivity (Wildman–Crippen MR) is 109 cm³/mol. The molecule has 0 aliphatic rings. The van der Waals surface area contributed by atoms with Crippen molar-refractivity contribution >= 4 is 60.9 Å². The highest BCUT2D eigenvalue weighted by Crippen LogP contribution is 2.69. The van der Waals surface area contributed by atoms with Crippen molar-refractivity contribution in [3.05, 3.63) is 0 Å². The van der Waals surface area contributed by atoms with Gasteiger partial charge in [0.2, 0.25) is 0 Å². The van der Waals surface area contributed by atoms with Gasteiger partial charge in [-0.2, -0.15) is 0 Å². The maximum Gasteiger partial charge on any atom is 0.313 e. The summed E-state index contributed by atoms with van der Waals surface area (Å²) in [4.78, 5) is 0. The molecule has 0 heterocycles. The minimum absolute atomic E-state index is 0.186. The molecule has 0 aromatic rings. The van der Waals surface area contributed by atoms with E-state index < -0.39 is 38.2 Å². The van der Waals surface area contributed by atoms with Gasteiger partial charge in [0.1, 0.15) is 0 Å². The van der Waals surface area contributed by atoms with Crippen LogP contribution in [-0.2, 0) is 41.5 Å². The third kappa shape index (κ3) is 13.2. The van der Waals surface area contributed by atoms with Crippen LogP contribution in [0.25, 0.3) is 0 Å². The van der Waals surface area contributed by atoms with Crippen LogP contribution in [0, 0.1) is 0 Å². The van der Waals surface area contributed by atoms with E-state index in [1.54, 1.807) is 0 Å². The third-order valence-corrected chi connectivity index (χ3v) is 14.5. The zero-order valence-electron chi connectivity index (χ0n) is 13.9. The highest BCUT2D eigenvalue weighted by molar-refractivity contribution is 8.89. The van der Waals surface area contributed by atoms with Crippen molar-refractivity contribution in [3.8, 4) is 0 Å². The molecule has 0 N–H and O–H groups in total. The molecule has 0 bridgehead atoms. The maximum atomic E-state index is 12.8. The van der Waals surface area contributed by atoms with Crippen LogP contribution in [-0.4, -0.2) is 65.3 Å². The van der Waals surface area contributed by atoms with Crippen molar-refractivity contribution in [1.82, 2.24) is 0 Å². The van der Waals surface area contributed by atoms with E-state index in [0.29, 0.717) is 46.0 Å². The molecule has 5 nitrogen and oxygen atoms in total. The van der Waals surface area contributed by atoms with Crippen LogP contribution in [0.5, 0.6) is 0 Å². The van der Waals surface area contributed by atoms with Crippen LogP contribution in [0.15, 0.2) is 0 Å². The summed E-state index contributed by atoms with van der Waals surface area (Å²) in [7, 11) is -2.74. The summed E-state index contributed by atoms with van der Waals surface area (Å²) in [6, 6.07) is 0. The van der Waals surface area contributed by atoms with Gasteiger partial charge in [0, 0.05) is 78.4 Å². The van der Waals surface area contributed by atoms with E-state index in [4.69, 9.17) is 4.52 Å². The summed E-state index contributed by atoms with van der Waals surface area (Å²) < 4.78 is 52.7. The lowest BCUT2D eigenvalue weighted by molar-refractivity contribution is 0.360. The quantitative estimate of drug-likeness (QED) is 0.361. The zero-order valence-corrected chi connectivity index (χ0v) is 18.9. The van der Waals surface area contributed by atoms with Gasteiger partial charge in [-0.1, -0.05) is 43.5 Å². The lowest BCUT2D eigenvalue weighted by atomic mass is 10.9. The Morgan fingerprint density at radius 3 is 1.57 bits per heavy atom. The molecule has 11 heteroatoms. The lowest BCUT2D eigenvalue weighted by Crippen LogP contribution is -2.07. The summed E-state index contributed by atoms with van der Waals surface area (Å²) >= 11 is 2.38. The van der Waals surface area contributed by atoms with Crippen molar-refractivity contribution in [3.63, 3.8) is 0 Å². The van der Waals surface area contributed by atoms with Gasteiger partial charge >= 0.3 is 5.77 Å². The fraction of sp³-hybridized carbons (Fsp3) is 1.00.